The summed E-state index contributed by atoms with van der Waals surface area (Å²) in [5.41, 5.74) is -0.120. The Labute approximate surface area is 163 Å². The van der Waals surface area contributed by atoms with Gasteiger partial charge in [0.25, 0.3) is 0 Å². The van der Waals surface area contributed by atoms with Crippen molar-refractivity contribution < 1.29 is 22.3 Å². The molecule has 148 valence electrons. The lowest BCUT2D eigenvalue weighted by Crippen LogP contribution is -2.07. The van der Waals surface area contributed by atoms with Crippen molar-refractivity contribution >= 4 is 11.8 Å². The molecular weight excluding hydrogens is 394 g/mol. The molecule has 0 bridgehead atoms. The van der Waals surface area contributed by atoms with E-state index < -0.39 is 11.7 Å². The Hall–Kier alpha value is -2.55. The van der Waals surface area contributed by atoms with Gasteiger partial charge in [0.05, 0.1) is 5.56 Å². The Bertz CT molecular complexity index is 926. The van der Waals surface area contributed by atoms with Crippen molar-refractivity contribution in [2.45, 2.75) is 37.2 Å². The Balaban J connectivity index is 1.66. The van der Waals surface area contributed by atoms with Gasteiger partial charge in [0.1, 0.15) is 18.2 Å². The molecular formula is C19H17F4N3OS. The number of benzene rings is 2. The minimum atomic E-state index is -4.37. The summed E-state index contributed by atoms with van der Waals surface area (Å²) in [7, 11) is 0. The third kappa shape index (κ3) is 5.03. The molecule has 0 radical (unpaired) electrons. The van der Waals surface area contributed by atoms with E-state index in [9.17, 15) is 17.6 Å². The van der Waals surface area contributed by atoms with Gasteiger partial charge in [-0.3, -0.25) is 0 Å². The Kier molecular flexibility index (Phi) is 6.23. The van der Waals surface area contributed by atoms with Crippen molar-refractivity contribution in [2.24, 2.45) is 0 Å². The number of thioether (sulfide) groups is 1. The predicted molar refractivity (Wildman–Crippen MR) is 97.4 cm³/mol. The Morgan fingerprint density at radius 3 is 2.50 bits per heavy atom. The second-order valence-electron chi connectivity index (χ2n) is 5.87. The maximum Gasteiger partial charge on any atom is 0.416 e. The van der Waals surface area contributed by atoms with Gasteiger partial charge in [0, 0.05) is 12.3 Å². The van der Waals surface area contributed by atoms with Crippen LogP contribution in [-0.4, -0.2) is 14.8 Å². The zero-order chi connectivity index (χ0) is 20.1. The van der Waals surface area contributed by atoms with Gasteiger partial charge < -0.3 is 9.30 Å². The molecule has 0 fully saturated rings. The van der Waals surface area contributed by atoms with Crippen molar-refractivity contribution in [3.8, 4) is 5.75 Å². The molecule has 0 spiro atoms. The van der Waals surface area contributed by atoms with Crippen LogP contribution in [0, 0.1) is 5.82 Å². The van der Waals surface area contributed by atoms with Crippen LogP contribution >= 0.6 is 11.8 Å². The van der Waals surface area contributed by atoms with Crippen LogP contribution in [-0.2, 0) is 25.1 Å². The number of alkyl halides is 3. The molecule has 1 aromatic heterocycles. The monoisotopic (exact) mass is 411 g/mol. The Morgan fingerprint density at radius 2 is 1.82 bits per heavy atom. The number of nitrogens with zero attached hydrogens (tertiary/aromatic N) is 3. The number of aromatic nitrogens is 3. The Morgan fingerprint density at radius 1 is 1.07 bits per heavy atom. The molecule has 3 rings (SSSR count). The summed E-state index contributed by atoms with van der Waals surface area (Å²) in [5.74, 6) is 1.07. The number of hydrogen-bond acceptors (Lipinski definition) is 4. The first-order chi connectivity index (χ1) is 13.4. The van der Waals surface area contributed by atoms with Gasteiger partial charge in [0.15, 0.2) is 11.0 Å². The topological polar surface area (TPSA) is 39.9 Å². The normalized spacial score (nSPS) is 11.6. The molecule has 0 saturated carbocycles. The van der Waals surface area contributed by atoms with Gasteiger partial charge in [-0.15, -0.1) is 10.2 Å². The van der Waals surface area contributed by atoms with E-state index >= 15 is 0 Å². The van der Waals surface area contributed by atoms with Crippen LogP contribution in [0.4, 0.5) is 17.6 Å². The lowest BCUT2D eigenvalue weighted by atomic mass is 10.1. The molecule has 0 amide bonds. The summed E-state index contributed by atoms with van der Waals surface area (Å²) < 4.78 is 58.9. The summed E-state index contributed by atoms with van der Waals surface area (Å²) in [5, 5.41) is 8.81. The highest BCUT2D eigenvalue weighted by atomic mass is 32.2. The van der Waals surface area contributed by atoms with Gasteiger partial charge in [-0.05, 0) is 42.8 Å². The third-order valence-corrected chi connectivity index (χ3v) is 4.95. The summed E-state index contributed by atoms with van der Waals surface area (Å²) in [4.78, 5) is 0. The molecule has 9 heteroatoms. The predicted octanol–water partition coefficient (Wildman–Crippen LogP) is 5.33. The summed E-state index contributed by atoms with van der Waals surface area (Å²) in [6.45, 7) is 2.65. The van der Waals surface area contributed by atoms with Gasteiger partial charge in [0.2, 0.25) is 0 Å². The zero-order valence-electron chi connectivity index (χ0n) is 14.9. The molecule has 3 aromatic rings. The van der Waals surface area contributed by atoms with Crippen LogP contribution in [0.3, 0.4) is 0 Å². The van der Waals surface area contributed by atoms with Crippen molar-refractivity contribution in [2.75, 3.05) is 0 Å². The highest BCUT2D eigenvalue weighted by Gasteiger charge is 2.30. The first-order valence-electron chi connectivity index (χ1n) is 8.46. The summed E-state index contributed by atoms with van der Waals surface area (Å²) in [6.07, 6.45) is -4.37. The van der Waals surface area contributed by atoms with E-state index in [1.54, 1.807) is 6.07 Å². The minimum absolute atomic E-state index is 0.149. The van der Waals surface area contributed by atoms with Crippen LogP contribution in [0.25, 0.3) is 0 Å². The number of rotatable bonds is 7. The van der Waals surface area contributed by atoms with Gasteiger partial charge in [-0.25, -0.2) is 4.39 Å². The van der Waals surface area contributed by atoms with Crippen LogP contribution in [0.5, 0.6) is 5.75 Å². The highest BCUT2D eigenvalue weighted by Crippen LogP contribution is 2.31. The van der Waals surface area contributed by atoms with E-state index in [0.29, 0.717) is 34.6 Å². The highest BCUT2D eigenvalue weighted by molar-refractivity contribution is 7.98. The standard InChI is InChI=1S/C19H17F4N3OS/c1-2-26-17(11-27-16-8-6-15(20)7-9-16)24-25-18(26)28-12-13-4-3-5-14(10-13)19(21,22)23/h3-10H,2,11-12H2,1H3. The fraction of sp³-hybridized carbons (Fsp3) is 0.263. The summed E-state index contributed by atoms with van der Waals surface area (Å²) in [6, 6.07) is 10.9. The fourth-order valence-corrected chi connectivity index (χ4v) is 3.48. The number of ether oxygens (including phenoxy) is 1. The molecule has 0 N–H and O–H groups in total. The maximum atomic E-state index is 12.9. The smallest absolute Gasteiger partial charge is 0.416 e. The average molecular weight is 411 g/mol. The molecule has 0 aliphatic carbocycles. The molecule has 0 aliphatic heterocycles. The van der Waals surface area contributed by atoms with Crippen LogP contribution in [0.15, 0.2) is 53.7 Å². The first kappa shape index (κ1) is 20.2. The van der Waals surface area contributed by atoms with E-state index in [0.717, 1.165) is 12.1 Å². The second-order valence-corrected chi connectivity index (χ2v) is 6.81. The van der Waals surface area contributed by atoms with Crippen LogP contribution in [0.2, 0.25) is 0 Å². The van der Waals surface area contributed by atoms with E-state index in [2.05, 4.69) is 10.2 Å². The number of halogens is 4. The second kappa shape index (κ2) is 8.64. The molecule has 28 heavy (non-hydrogen) atoms. The SMILES string of the molecule is CCn1c(COc2ccc(F)cc2)nnc1SCc1cccc(C(F)(F)F)c1. The molecule has 4 nitrogen and oxygen atoms in total. The van der Waals surface area contributed by atoms with Crippen molar-refractivity contribution in [3.63, 3.8) is 0 Å². The molecule has 2 aromatic carbocycles. The maximum absolute atomic E-state index is 12.9. The first-order valence-corrected chi connectivity index (χ1v) is 9.44. The van der Waals surface area contributed by atoms with Crippen molar-refractivity contribution in [1.29, 1.82) is 0 Å². The molecule has 0 aliphatic rings. The van der Waals surface area contributed by atoms with Gasteiger partial charge in [-0.2, -0.15) is 13.2 Å². The third-order valence-electron chi connectivity index (χ3n) is 3.91. The largest absolute Gasteiger partial charge is 0.486 e. The van der Waals surface area contributed by atoms with E-state index in [1.165, 1.54) is 42.1 Å². The van der Waals surface area contributed by atoms with E-state index in [1.807, 2.05) is 11.5 Å². The fourth-order valence-electron chi connectivity index (χ4n) is 2.51. The number of hydrogen-bond donors (Lipinski definition) is 0. The van der Waals surface area contributed by atoms with Crippen molar-refractivity contribution in [3.05, 3.63) is 71.3 Å². The van der Waals surface area contributed by atoms with E-state index in [-0.39, 0.29) is 12.4 Å². The molecule has 0 atom stereocenters. The van der Waals surface area contributed by atoms with Crippen LogP contribution in [0.1, 0.15) is 23.9 Å². The van der Waals surface area contributed by atoms with Crippen LogP contribution < -0.4 is 4.74 Å². The molecule has 0 unspecified atom stereocenters. The quantitative estimate of drug-likeness (QED) is 0.389. The minimum Gasteiger partial charge on any atom is -0.486 e. The lowest BCUT2D eigenvalue weighted by Gasteiger charge is -2.10. The average Bonchev–Trinajstić information content (AvgIpc) is 3.07. The zero-order valence-corrected chi connectivity index (χ0v) is 15.7. The lowest BCUT2D eigenvalue weighted by molar-refractivity contribution is -0.137. The molecule has 0 saturated heterocycles. The van der Waals surface area contributed by atoms with Crippen molar-refractivity contribution in [1.82, 2.24) is 14.8 Å². The van der Waals surface area contributed by atoms with Gasteiger partial charge >= 0.3 is 6.18 Å². The summed E-state index contributed by atoms with van der Waals surface area (Å²) >= 11 is 1.31. The van der Waals surface area contributed by atoms with E-state index in [4.69, 9.17) is 4.74 Å². The molecule has 1 heterocycles. The van der Waals surface area contributed by atoms with Gasteiger partial charge in [-0.1, -0.05) is 30.0 Å².